The zero-order valence-electron chi connectivity index (χ0n) is 13.7. The van der Waals surface area contributed by atoms with E-state index in [9.17, 15) is 0 Å². The second-order valence-corrected chi connectivity index (χ2v) is 7.59. The van der Waals surface area contributed by atoms with Crippen LogP contribution in [0, 0.1) is 0 Å². The fourth-order valence-corrected chi connectivity index (χ4v) is 4.58. The van der Waals surface area contributed by atoms with Crippen molar-refractivity contribution in [1.29, 1.82) is 0 Å². The van der Waals surface area contributed by atoms with Crippen molar-refractivity contribution in [2.45, 2.75) is 19.1 Å². The summed E-state index contributed by atoms with van der Waals surface area (Å²) in [5.41, 5.74) is 7.38. The highest BCUT2D eigenvalue weighted by atomic mass is 31.1. The van der Waals surface area contributed by atoms with Crippen LogP contribution in [0.5, 0.6) is 0 Å². The first-order chi connectivity index (χ1) is 11.8. The summed E-state index contributed by atoms with van der Waals surface area (Å²) in [6.45, 7) is 2.00. The van der Waals surface area contributed by atoms with Crippen LogP contribution in [-0.2, 0) is 4.52 Å². The summed E-state index contributed by atoms with van der Waals surface area (Å²) in [5, 5.41) is 2.39. The highest BCUT2D eigenvalue weighted by Gasteiger charge is 2.24. The SMILES string of the molecule is C[C@H](N)[C@H](OP(c1ccccc1)c1ccccc1)c1ccccc1. The Labute approximate surface area is 145 Å². The van der Waals surface area contributed by atoms with E-state index in [1.165, 1.54) is 10.6 Å². The molecule has 0 spiro atoms. The minimum atomic E-state index is -0.926. The van der Waals surface area contributed by atoms with Gasteiger partial charge in [0.05, 0.1) is 8.15 Å². The summed E-state index contributed by atoms with van der Waals surface area (Å²) in [7, 11) is -0.926. The molecule has 2 atom stereocenters. The van der Waals surface area contributed by atoms with Gasteiger partial charge in [-0.3, -0.25) is 0 Å². The molecule has 3 heteroatoms. The Hall–Kier alpha value is -1.99. The lowest BCUT2D eigenvalue weighted by Gasteiger charge is -2.28. The second-order valence-electron chi connectivity index (χ2n) is 5.76. The molecule has 2 N–H and O–H groups in total. The molecule has 0 amide bonds. The summed E-state index contributed by atoms with van der Waals surface area (Å²) in [6, 6.07) is 30.9. The van der Waals surface area contributed by atoms with E-state index < -0.39 is 8.15 Å². The van der Waals surface area contributed by atoms with Gasteiger partial charge in [-0.05, 0) is 12.5 Å². The molecule has 0 fully saturated rings. The molecular weight excluding hydrogens is 313 g/mol. The lowest BCUT2D eigenvalue weighted by Crippen LogP contribution is -2.28. The molecule has 3 rings (SSSR count). The highest BCUT2D eigenvalue weighted by Crippen LogP contribution is 2.41. The Morgan fingerprint density at radius 2 is 1.12 bits per heavy atom. The third-order valence-corrected chi connectivity index (χ3v) is 5.78. The molecule has 0 saturated carbocycles. The van der Waals surface area contributed by atoms with Gasteiger partial charge >= 0.3 is 0 Å². The van der Waals surface area contributed by atoms with Gasteiger partial charge in [0.1, 0.15) is 6.10 Å². The third-order valence-electron chi connectivity index (χ3n) is 3.81. The first-order valence-corrected chi connectivity index (χ1v) is 9.39. The van der Waals surface area contributed by atoms with Crippen molar-refractivity contribution in [2.75, 3.05) is 0 Å². The van der Waals surface area contributed by atoms with Crippen LogP contribution in [0.15, 0.2) is 91.0 Å². The van der Waals surface area contributed by atoms with Crippen LogP contribution >= 0.6 is 8.15 Å². The maximum absolute atomic E-state index is 6.61. The fraction of sp³-hybridized carbons (Fsp3) is 0.143. The Balaban J connectivity index is 1.96. The van der Waals surface area contributed by atoms with Crippen LogP contribution in [0.3, 0.4) is 0 Å². The van der Waals surface area contributed by atoms with Crippen molar-refractivity contribution < 1.29 is 4.52 Å². The van der Waals surface area contributed by atoms with Crippen molar-refractivity contribution in [3.8, 4) is 0 Å². The Kier molecular flexibility index (Phi) is 5.77. The van der Waals surface area contributed by atoms with Crippen LogP contribution in [0.1, 0.15) is 18.6 Å². The normalized spacial score (nSPS) is 13.6. The molecule has 122 valence electrons. The van der Waals surface area contributed by atoms with E-state index in [1.807, 2.05) is 37.3 Å². The van der Waals surface area contributed by atoms with Crippen LogP contribution < -0.4 is 16.3 Å². The fourth-order valence-electron chi connectivity index (χ4n) is 2.61. The van der Waals surface area contributed by atoms with Gasteiger partial charge in [-0.25, -0.2) is 0 Å². The predicted octanol–water partition coefficient (Wildman–Crippen LogP) is 4.14. The first kappa shape index (κ1) is 16.9. The maximum Gasteiger partial charge on any atom is 0.102 e. The van der Waals surface area contributed by atoms with Gasteiger partial charge in [-0.15, -0.1) is 0 Å². The number of hydrogen-bond donors (Lipinski definition) is 1. The van der Waals surface area contributed by atoms with Crippen LogP contribution in [-0.4, -0.2) is 6.04 Å². The van der Waals surface area contributed by atoms with Crippen molar-refractivity contribution in [3.63, 3.8) is 0 Å². The van der Waals surface area contributed by atoms with E-state index in [0.717, 1.165) is 5.56 Å². The Morgan fingerprint density at radius 3 is 1.54 bits per heavy atom. The zero-order chi connectivity index (χ0) is 16.8. The number of benzene rings is 3. The maximum atomic E-state index is 6.61. The first-order valence-electron chi connectivity index (χ1n) is 8.13. The van der Waals surface area contributed by atoms with Crippen molar-refractivity contribution in [1.82, 2.24) is 0 Å². The van der Waals surface area contributed by atoms with E-state index in [-0.39, 0.29) is 12.1 Å². The average Bonchev–Trinajstić information content (AvgIpc) is 2.64. The average molecular weight is 335 g/mol. The van der Waals surface area contributed by atoms with E-state index in [1.54, 1.807) is 0 Å². The number of hydrogen-bond acceptors (Lipinski definition) is 2. The second kappa shape index (κ2) is 8.21. The quantitative estimate of drug-likeness (QED) is 0.687. The predicted molar refractivity (Wildman–Crippen MR) is 103 cm³/mol. The molecule has 0 heterocycles. The van der Waals surface area contributed by atoms with Crippen molar-refractivity contribution >= 4 is 18.8 Å². The minimum Gasteiger partial charge on any atom is -0.340 e. The summed E-state index contributed by atoms with van der Waals surface area (Å²) in [4.78, 5) is 0. The van der Waals surface area contributed by atoms with E-state index >= 15 is 0 Å². The largest absolute Gasteiger partial charge is 0.340 e. The van der Waals surface area contributed by atoms with Gasteiger partial charge in [0, 0.05) is 16.7 Å². The molecular formula is C21H22NOP. The lowest BCUT2D eigenvalue weighted by molar-refractivity contribution is 0.208. The van der Waals surface area contributed by atoms with Crippen LogP contribution in [0.4, 0.5) is 0 Å². The molecule has 0 aliphatic rings. The Bertz CT molecular complexity index is 692. The molecule has 0 radical (unpaired) electrons. The van der Waals surface area contributed by atoms with Gasteiger partial charge < -0.3 is 10.3 Å². The van der Waals surface area contributed by atoms with E-state index in [0.29, 0.717) is 0 Å². The molecule has 3 aromatic rings. The summed E-state index contributed by atoms with van der Waals surface area (Å²) < 4.78 is 6.61. The number of rotatable bonds is 6. The molecule has 0 bridgehead atoms. The van der Waals surface area contributed by atoms with Crippen LogP contribution in [0.25, 0.3) is 0 Å². The monoisotopic (exact) mass is 335 g/mol. The summed E-state index contributed by atoms with van der Waals surface area (Å²) in [6.07, 6.45) is -0.141. The molecule has 0 saturated heterocycles. The van der Waals surface area contributed by atoms with Gasteiger partial charge in [0.2, 0.25) is 0 Å². The summed E-state index contributed by atoms with van der Waals surface area (Å²) in [5.74, 6) is 0. The lowest BCUT2D eigenvalue weighted by atomic mass is 10.0. The van der Waals surface area contributed by atoms with Crippen LogP contribution in [0.2, 0.25) is 0 Å². The molecule has 0 aliphatic carbocycles. The van der Waals surface area contributed by atoms with Gasteiger partial charge in [0.15, 0.2) is 0 Å². The minimum absolute atomic E-state index is 0.0928. The Morgan fingerprint density at radius 1 is 0.708 bits per heavy atom. The van der Waals surface area contributed by atoms with Gasteiger partial charge in [-0.1, -0.05) is 91.0 Å². The molecule has 24 heavy (non-hydrogen) atoms. The van der Waals surface area contributed by atoms with E-state index in [4.69, 9.17) is 10.3 Å². The van der Waals surface area contributed by atoms with Gasteiger partial charge in [-0.2, -0.15) is 0 Å². The topological polar surface area (TPSA) is 35.2 Å². The standard InChI is InChI=1S/C21H22NOP/c1-17(22)21(18-11-5-2-6-12-18)23-24(19-13-7-3-8-14-19)20-15-9-4-10-16-20/h2-17,21H,22H2,1H3/t17-,21-/m0/s1. The van der Waals surface area contributed by atoms with E-state index in [2.05, 4.69) is 60.7 Å². The molecule has 3 aromatic carbocycles. The van der Waals surface area contributed by atoms with Crippen molar-refractivity contribution in [3.05, 3.63) is 96.6 Å². The molecule has 2 nitrogen and oxygen atoms in total. The zero-order valence-corrected chi connectivity index (χ0v) is 14.6. The van der Waals surface area contributed by atoms with Crippen molar-refractivity contribution in [2.24, 2.45) is 5.73 Å². The molecule has 0 aliphatic heterocycles. The smallest absolute Gasteiger partial charge is 0.102 e. The third kappa shape index (κ3) is 4.10. The molecule has 0 unspecified atom stereocenters. The van der Waals surface area contributed by atoms with Gasteiger partial charge in [0.25, 0.3) is 0 Å². The number of nitrogens with two attached hydrogens (primary N) is 1. The molecule has 0 aromatic heterocycles. The highest BCUT2D eigenvalue weighted by molar-refractivity contribution is 7.68. The summed E-state index contributed by atoms with van der Waals surface area (Å²) >= 11 is 0.